The molecule has 3 nitrogen and oxygen atoms in total. The molecule has 104 valence electrons. The molecule has 0 saturated carbocycles. The van der Waals surface area contributed by atoms with Crippen LogP contribution in [-0.2, 0) is 16.1 Å². The van der Waals surface area contributed by atoms with E-state index in [9.17, 15) is 4.79 Å². The topological polar surface area (TPSA) is 29.5 Å². The highest BCUT2D eigenvalue weighted by molar-refractivity contribution is 9.10. The number of benzene rings is 1. The molecule has 1 atom stereocenters. The van der Waals surface area contributed by atoms with E-state index in [0.717, 1.165) is 24.0 Å². The highest BCUT2D eigenvalue weighted by atomic mass is 79.9. The fraction of sp³-hybridized carbons (Fsp3) is 0.533. The first-order valence-corrected chi connectivity index (χ1v) is 7.36. The summed E-state index contributed by atoms with van der Waals surface area (Å²) in [6.07, 6.45) is 0.894. The first kappa shape index (κ1) is 14.5. The van der Waals surface area contributed by atoms with Crippen LogP contribution in [0.15, 0.2) is 28.7 Å². The Morgan fingerprint density at radius 2 is 2.00 bits per heavy atom. The minimum Gasteiger partial charge on any atom is -0.459 e. The molecule has 1 saturated heterocycles. The first-order valence-electron chi connectivity index (χ1n) is 6.56. The zero-order chi connectivity index (χ0) is 14.0. The van der Waals surface area contributed by atoms with Gasteiger partial charge in [0, 0.05) is 17.6 Å². The van der Waals surface area contributed by atoms with Gasteiger partial charge in [0.05, 0.1) is 0 Å². The minimum absolute atomic E-state index is 0.0807. The van der Waals surface area contributed by atoms with Crippen LogP contribution in [0.1, 0.15) is 32.8 Å². The lowest BCUT2D eigenvalue weighted by atomic mass is 10.0. The van der Waals surface area contributed by atoms with Crippen LogP contribution in [0.3, 0.4) is 0 Å². The van der Waals surface area contributed by atoms with Crippen LogP contribution >= 0.6 is 15.9 Å². The maximum absolute atomic E-state index is 12.0. The number of hydrogen-bond donors (Lipinski definition) is 0. The lowest BCUT2D eigenvalue weighted by Gasteiger charge is -2.40. The zero-order valence-electron chi connectivity index (χ0n) is 11.6. The number of nitrogens with zero attached hydrogens (tertiary/aromatic N) is 1. The van der Waals surface area contributed by atoms with Gasteiger partial charge in [-0.25, -0.2) is 0 Å². The molecule has 1 aliphatic heterocycles. The Balaban J connectivity index is 1.92. The van der Waals surface area contributed by atoms with Crippen molar-refractivity contribution in [3.63, 3.8) is 0 Å². The molecule has 1 aromatic rings. The van der Waals surface area contributed by atoms with E-state index < -0.39 is 5.60 Å². The number of ether oxygens (including phenoxy) is 1. The van der Waals surface area contributed by atoms with Crippen molar-refractivity contribution in [3.05, 3.63) is 34.3 Å². The second-order valence-electron chi connectivity index (χ2n) is 5.93. The number of carbonyl (C=O) groups is 1. The second kappa shape index (κ2) is 5.63. The third-order valence-corrected chi connectivity index (χ3v) is 3.64. The summed E-state index contributed by atoms with van der Waals surface area (Å²) in [4.78, 5) is 14.2. The van der Waals surface area contributed by atoms with Gasteiger partial charge in [-0.2, -0.15) is 0 Å². The first-order chi connectivity index (χ1) is 8.85. The molecule has 0 spiro atoms. The van der Waals surface area contributed by atoms with Gasteiger partial charge in [0.1, 0.15) is 11.6 Å². The van der Waals surface area contributed by atoms with Crippen LogP contribution in [0.2, 0.25) is 0 Å². The van der Waals surface area contributed by atoms with Gasteiger partial charge in [0.2, 0.25) is 0 Å². The molecule has 1 heterocycles. The highest BCUT2D eigenvalue weighted by Crippen LogP contribution is 2.24. The van der Waals surface area contributed by atoms with E-state index in [2.05, 4.69) is 33.0 Å². The molecule has 1 aromatic carbocycles. The van der Waals surface area contributed by atoms with E-state index in [4.69, 9.17) is 4.74 Å². The Bertz CT molecular complexity index is 450. The summed E-state index contributed by atoms with van der Waals surface area (Å²) in [5, 5.41) is 0. The Morgan fingerprint density at radius 3 is 2.47 bits per heavy atom. The summed E-state index contributed by atoms with van der Waals surface area (Å²) < 4.78 is 6.51. The van der Waals surface area contributed by atoms with Crippen LogP contribution in [-0.4, -0.2) is 29.1 Å². The van der Waals surface area contributed by atoms with Crippen molar-refractivity contribution in [2.24, 2.45) is 0 Å². The molecule has 0 radical (unpaired) electrons. The monoisotopic (exact) mass is 325 g/mol. The van der Waals surface area contributed by atoms with E-state index >= 15 is 0 Å². The van der Waals surface area contributed by atoms with Crippen molar-refractivity contribution in [1.29, 1.82) is 0 Å². The number of carbonyl (C=O) groups excluding carboxylic acids is 1. The molecule has 0 unspecified atom stereocenters. The zero-order valence-corrected chi connectivity index (χ0v) is 13.2. The molecule has 0 aliphatic carbocycles. The summed E-state index contributed by atoms with van der Waals surface area (Å²) in [5.74, 6) is -0.101. The summed E-state index contributed by atoms with van der Waals surface area (Å²) in [7, 11) is 0. The molecule has 1 aliphatic rings. The van der Waals surface area contributed by atoms with E-state index in [0.29, 0.717) is 0 Å². The third kappa shape index (κ3) is 4.05. The molecule has 0 bridgehead atoms. The Morgan fingerprint density at radius 1 is 1.37 bits per heavy atom. The van der Waals surface area contributed by atoms with Crippen LogP contribution in [0.4, 0.5) is 0 Å². The van der Waals surface area contributed by atoms with Gasteiger partial charge in [-0.3, -0.25) is 9.69 Å². The van der Waals surface area contributed by atoms with Crippen molar-refractivity contribution in [2.45, 2.75) is 45.4 Å². The Kier molecular flexibility index (Phi) is 4.31. The summed E-state index contributed by atoms with van der Waals surface area (Å²) >= 11 is 3.42. The molecular weight excluding hydrogens is 306 g/mol. The number of halogens is 1. The number of esters is 1. The van der Waals surface area contributed by atoms with Gasteiger partial charge in [0.15, 0.2) is 0 Å². The molecule has 4 heteroatoms. The van der Waals surface area contributed by atoms with Gasteiger partial charge in [0.25, 0.3) is 0 Å². The quantitative estimate of drug-likeness (QED) is 0.798. The average molecular weight is 326 g/mol. The van der Waals surface area contributed by atoms with Gasteiger partial charge < -0.3 is 4.74 Å². The summed E-state index contributed by atoms with van der Waals surface area (Å²) in [5.41, 5.74) is 0.812. The van der Waals surface area contributed by atoms with E-state index in [1.807, 2.05) is 32.9 Å². The lowest BCUT2D eigenvalue weighted by Crippen LogP contribution is -2.53. The summed E-state index contributed by atoms with van der Waals surface area (Å²) in [6.45, 7) is 7.48. The van der Waals surface area contributed by atoms with Gasteiger partial charge in [-0.1, -0.05) is 28.1 Å². The summed E-state index contributed by atoms with van der Waals surface area (Å²) in [6, 6.07) is 8.13. The number of hydrogen-bond acceptors (Lipinski definition) is 3. The van der Waals surface area contributed by atoms with E-state index in [1.165, 1.54) is 5.56 Å². The van der Waals surface area contributed by atoms with E-state index in [1.54, 1.807) is 0 Å². The molecule has 19 heavy (non-hydrogen) atoms. The molecule has 1 fully saturated rings. The van der Waals surface area contributed by atoms with Crippen LogP contribution < -0.4 is 0 Å². The smallest absolute Gasteiger partial charge is 0.323 e. The molecule has 0 aromatic heterocycles. The van der Waals surface area contributed by atoms with E-state index in [-0.39, 0.29) is 12.0 Å². The fourth-order valence-electron chi connectivity index (χ4n) is 2.09. The van der Waals surface area contributed by atoms with Gasteiger partial charge in [-0.05, 0) is 44.9 Å². The maximum atomic E-state index is 12.0. The van der Waals surface area contributed by atoms with Crippen LogP contribution in [0.5, 0.6) is 0 Å². The predicted octanol–water partition coefficient (Wildman–Crippen LogP) is 3.37. The molecule has 0 N–H and O–H groups in total. The maximum Gasteiger partial charge on any atom is 0.323 e. The average Bonchev–Trinajstić information content (AvgIpc) is 2.24. The Labute approximate surface area is 123 Å². The Hall–Kier alpha value is -0.870. The van der Waals surface area contributed by atoms with Crippen molar-refractivity contribution < 1.29 is 9.53 Å². The highest BCUT2D eigenvalue weighted by Gasteiger charge is 2.36. The van der Waals surface area contributed by atoms with Crippen molar-refractivity contribution in [3.8, 4) is 0 Å². The molecule has 0 amide bonds. The normalized spacial score (nSPS) is 19.9. The van der Waals surface area contributed by atoms with Crippen molar-refractivity contribution in [2.75, 3.05) is 6.54 Å². The van der Waals surface area contributed by atoms with Crippen molar-refractivity contribution >= 4 is 21.9 Å². The standard InChI is InChI=1S/C15H20BrNO2/c1-15(2,3)19-14(18)13-8-9-17(13)10-11-4-6-12(16)7-5-11/h4-7,13H,8-10H2,1-3H3/t13-/m1/s1. The molecule has 2 rings (SSSR count). The second-order valence-corrected chi connectivity index (χ2v) is 6.85. The van der Waals surface area contributed by atoms with Gasteiger partial charge in [-0.15, -0.1) is 0 Å². The number of likely N-dealkylation sites (tertiary alicyclic amines) is 1. The third-order valence-electron chi connectivity index (χ3n) is 3.11. The van der Waals surface area contributed by atoms with Crippen LogP contribution in [0.25, 0.3) is 0 Å². The fourth-order valence-corrected chi connectivity index (χ4v) is 2.36. The largest absolute Gasteiger partial charge is 0.459 e. The molecular formula is C15H20BrNO2. The minimum atomic E-state index is -0.407. The lowest BCUT2D eigenvalue weighted by molar-refractivity contribution is -0.166. The van der Waals surface area contributed by atoms with Crippen molar-refractivity contribution in [1.82, 2.24) is 4.90 Å². The predicted molar refractivity (Wildman–Crippen MR) is 78.8 cm³/mol. The number of rotatable bonds is 3. The van der Waals surface area contributed by atoms with Gasteiger partial charge >= 0.3 is 5.97 Å². The SMILES string of the molecule is CC(C)(C)OC(=O)[C@H]1CCN1Cc1ccc(Br)cc1. The van der Waals surface area contributed by atoms with Crippen LogP contribution in [0, 0.1) is 0 Å².